The SMILES string of the molecule is C=C/C(=C\C=C(/C)Br)N(c1ccc(C)cc1)c1ccc(Br)c(C)c1. The van der Waals surface area contributed by atoms with Gasteiger partial charge in [-0.1, -0.05) is 62.2 Å². The van der Waals surface area contributed by atoms with Crippen LogP contribution in [0.25, 0.3) is 0 Å². The molecule has 2 aromatic rings. The van der Waals surface area contributed by atoms with Crippen molar-refractivity contribution < 1.29 is 0 Å². The molecule has 3 heteroatoms. The molecule has 0 atom stereocenters. The summed E-state index contributed by atoms with van der Waals surface area (Å²) in [4.78, 5) is 2.21. The third kappa shape index (κ3) is 4.71. The summed E-state index contributed by atoms with van der Waals surface area (Å²) >= 11 is 7.06. The third-order valence-corrected chi connectivity index (χ3v) is 4.80. The van der Waals surface area contributed by atoms with Crippen LogP contribution in [0.3, 0.4) is 0 Å². The normalized spacial score (nSPS) is 12.2. The number of benzene rings is 2. The summed E-state index contributed by atoms with van der Waals surface area (Å²) in [6, 6.07) is 14.9. The molecule has 0 saturated carbocycles. The first-order chi connectivity index (χ1) is 11.4. The lowest BCUT2D eigenvalue weighted by atomic mass is 10.1. The monoisotopic (exact) mass is 445 g/mol. The van der Waals surface area contributed by atoms with Gasteiger partial charge >= 0.3 is 0 Å². The Morgan fingerprint density at radius 1 is 1.00 bits per heavy atom. The van der Waals surface area contributed by atoms with E-state index in [9.17, 15) is 0 Å². The molecule has 0 aliphatic heterocycles. The van der Waals surface area contributed by atoms with E-state index in [-0.39, 0.29) is 0 Å². The van der Waals surface area contributed by atoms with Gasteiger partial charge in [0.15, 0.2) is 0 Å². The van der Waals surface area contributed by atoms with Crippen LogP contribution in [0.1, 0.15) is 18.1 Å². The van der Waals surface area contributed by atoms with Crippen LogP contribution in [0.5, 0.6) is 0 Å². The van der Waals surface area contributed by atoms with Crippen LogP contribution in [0.15, 0.2) is 81.9 Å². The zero-order valence-corrected chi connectivity index (χ0v) is 17.4. The number of allylic oxidation sites excluding steroid dienone is 4. The molecule has 0 radical (unpaired) electrons. The number of anilines is 2. The van der Waals surface area contributed by atoms with Crippen LogP contribution >= 0.6 is 31.9 Å². The quantitative estimate of drug-likeness (QED) is 0.428. The molecule has 0 bridgehead atoms. The predicted octanol–water partition coefficient (Wildman–Crippen LogP) is 7.57. The van der Waals surface area contributed by atoms with Crippen molar-refractivity contribution in [2.45, 2.75) is 20.8 Å². The molecule has 0 amide bonds. The fraction of sp³-hybridized carbons (Fsp3) is 0.143. The summed E-state index contributed by atoms with van der Waals surface area (Å²) in [6.45, 7) is 10.2. The Balaban J connectivity index is 2.61. The van der Waals surface area contributed by atoms with E-state index in [1.54, 1.807) is 0 Å². The fourth-order valence-corrected chi connectivity index (χ4v) is 2.72. The van der Waals surface area contributed by atoms with E-state index in [2.05, 4.69) is 106 Å². The van der Waals surface area contributed by atoms with Crippen LogP contribution < -0.4 is 4.90 Å². The van der Waals surface area contributed by atoms with Crippen LogP contribution in [-0.4, -0.2) is 0 Å². The van der Waals surface area contributed by atoms with Crippen LogP contribution in [0.4, 0.5) is 11.4 Å². The van der Waals surface area contributed by atoms with Gasteiger partial charge in [0.1, 0.15) is 0 Å². The maximum Gasteiger partial charge on any atom is 0.0465 e. The number of aryl methyl sites for hydroxylation is 2. The Labute approximate surface area is 161 Å². The Morgan fingerprint density at radius 2 is 1.62 bits per heavy atom. The van der Waals surface area contributed by atoms with Gasteiger partial charge in [-0.2, -0.15) is 0 Å². The highest BCUT2D eigenvalue weighted by atomic mass is 79.9. The molecule has 2 aromatic carbocycles. The van der Waals surface area contributed by atoms with E-state index in [1.165, 1.54) is 11.1 Å². The van der Waals surface area contributed by atoms with Crippen molar-refractivity contribution in [3.05, 3.63) is 93.1 Å². The second-order valence-electron chi connectivity index (χ2n) is 5.65. The Hall–Kier alpha value is -1.58. The lowest BCUT2D eigenvalue weighted by Crippen LogP contribution is -2.15. The molecule has 0 fully saturated rings. The Kier molecular flexibility index (Phi) is 6.64. The molecule has 2 rings (SSSR count). The molecule has 0 unspecified atom stereocenters. The highest BCUT2D eigenvalue weighted by Gasteiger charge is 2.13. The first-order valence-electron chi connectivity index (χ1n) is 7.72. The molecular formula is C21H21Br2N. The lowest BCUT2D eigenvalue weighted by molar-refractivity contribution is 1.20. The van der Waals surface area contributed by atoms with E-state index < -0.39 is 0 Å². The summed E-state index contributed by atoms with van der Waals surface area (Å²) in [6.07, 6.45) is 5.97. The average Bonchev–Trinajstić information content (AvgIpc) is 2.55. The summed E-state index contributed by atoms with van der Waals surface area (Å²) in [5, 5.41) is 0. The van der Waals surface area contributed by atoms with Gasteiger partial charge < -0.3 is 4.90 Å². The Morgan fingerprint density at radius 3 is 2.17 bits per heavy atom. The zero-order valence-electron chi connectivity index (χ0n) is 14.2. The first-order valence-corrected chi connectivity index (χ1v) is 9.30. The first kappa shape index (κ1) is 18.8. The van der Waals surface area contributed by atoms with Gasteiger partial charge in [0.2, 0.25) is 0 Å². The molecule has 1 nitrogen and oxygen atoms in total. The largest absolute Gasteiger partial charge is 0.311 e. The molecular weight excluding hydrogens is 426 g/mol. The number of hydrogen-bond donors (Lipinski definition) is 0. The molecule has 0 heterocycles. The van der Waals surface area contributed by atoms with Crippen LogP contribution in [0.2, 0.25) is 0 Å². The number of rotatable bonds is 5. The molecule has 24 heavy (non-hydrogen) atoms. The predicted molar refractivity (Wildman–Crippen MR) is 113 cm³/mol. The van der Waals surface area contributed by atoms with Crippen LogP contribution in [0, 0.1) is 13.8 Å². The van der Waals surface area contributed by atoms with E-state index in [1.807, 2.05) is 19.1 Å². The summed E-state index contributed by atoms with van der Waals surface area (Å²) in [5.74, 6) is 0. The number of halogens is 2. The molecule has 0 spiro atoms. The smallest absolute Gasteiger partial charge is 0.0465 e. The van der Waals surface area contributed by atoms with E-state index >= 15 is 0 Å². The highest BCUT2D eigenvalue weighted by molar-refractivity contribution is 9.11. The molecule has 0 aliphatic carbocycles. The van der Waals surface area contributed by atoms with Crippen molar-refractivity contribution in [3.63, 3.8) is 0 Å². The molecule has 0 N–H and O–H groups in total. The maximum atomic E-state index is 4.00. The second-order valence-corrected chi connectivity index (χ2v) is 7.76. The van der Waals surface area contributed by atoms with E-state index in [4.69, 9.17) is 0 Å². The van der Waals surface area contributed by atoms with Crippen molar-refractivity contribution >= 4 is 43.2 Å². The van der Waals surface area contributed by atoms with E-state index in [0.717, 1.165) is 26.0 Å². The van der Waals surface area contributed by atoms with Crippen molar-refractivity contribution in [3.8, 4) is 0 Å². The third-order valence-electron chi connectivity index (χ3n) is 3.64. The average molecular weight is 447 g/mol. The summed E-state index contributed by atoms with van der Waals surface area (Å²) in [7, 11) is 0. The summed E-state index contributed by atoms with van der Waals surface area (Å²) in [5.41, 5.74) is 5.66. The minimum absolute atomic E-state index is 1.01. The van der Waals surface area contributed by atoms with Crippen molar-refractivity contribution in [2.75, 3.05) is 4.90 Å². The van der Waals surface area contributed by atoms with Gasteiger partial charge in [0.25, 0.3) is 0 Å². The maximum absolute atomic E-state index is 4.00. The second kappa shape index (κ2) is 8.50. The van der Waals surface area contributed by atoms with Gasteiger partial charge in [0, 0.05) is 21.5 Å². The number of nitrogens with zero attached hydrogens (tertiary/aromatic N) is 1. The van der Waals surface area contributed by atoms with Gasteiger partial charge in [-0.15, -0.1) is 0 Å². The van der Waals surface area contributed by atoms with Crippen molar-refractivity contribution in [2.24, 2.45) is 0 Å². The highest BCUT2D eigenvalue weighted by Crippen LogP contribution is 2.33. The topological polar surface area (TPSA) is 3.24 Å². The van der Waals surface area contributed by atoms with Gasteiger partial charge in [0.05, 0.1) is 0 Å². The summed E-state index contributed by atoms with van der Waals surface area (Å²) < 4.78 is 2.17. The molecule has 0 aliphatic rings. The van der Waals surface area contributed by atoms with Gasteiger partial charge in [-0.25, -0.2) is 0 Å². The molecule has 124 valence electrons. The minimum Gasteiger partial charge on any atom is -0.311 e. The lowest BCUT2D eigenvalue weighted by Gasteiger charge is -2.27. The molecule has 0 saturated heterocycles. The standard InChI is InChI=1S/C21H21Br2N/c1-5-18(11-8-17(4)22)24(19-9-6-15(2)7-10-19)20-12-13-21(23)16(3)14-20/h5-14H,1H2,2-4H3/b17-8+,18-11+. The van der Waals surface area contributed by atoms with Gasteiger partial charge in [-0.05, 0) is 73.3 Å². The fourth-order valence-electron chi connectivity index (χ4n) is 2.34. The number of hydrogen-bond acceptors (Lipinski definition) is 1. The van der Waals surface area contributed by atoms with Crippen molar-refractivity contribution in [1.29, 1.82) is 0 Å². The van der Waals surface area contributed by atoms with E-state index in [0.29, 0.717) is 0 Å². The molecule has 0 aromatic heterocycles. The van der Waals surface area contributed by atoms with Crippen molar-refractivity contribution in [1.82, 2.24) is 0 Å². The zero-order chi connectivity index (χ0) is 17.7. The van der Waals surface area contributed by atoms with Crippen LogP contribution in [-0.2, 0) is 0 Å². The Bertz CT molecular complexity index is 782. The van der Waals surface area contributed by atoms with Gasteiger partial charge in [-0.3, -0.25) is 0 Å². The minimum atomic E-state index is 1.01.